The summed E-state index contributed by atoms with van der Waals surface area (Å²) < 4.78 is 17.3. The van der Waals surface area contributed by atoms with Crippen molar-refractivity contribution in [2.24, 2.45) is 0 Å². The van der Waals surface area contributed by atoms with E-state index < -0.39 is 16.9 Å². The van der Waals surface area contributed by atoms with E-state index >= 15 is 0 Å². The monoisotopic (exact) mass is 345 g/mol. The van der Waals surface area contributed by atoms with Gasteiger partial charge < -0.3 is 9.84 Å². The summed E-state index contributed by atoms with van der Waals surface area (Å²) >= 11 is 6.07. The summed E-state index contributed by atoms with van der Waals surface area (Å²) in [5, 5.41) is 10.7. The Balaban J connectivity index is 1.84. The van der Waals surface area contributed by atoms with E-state index in [1.807, 2.05) is 32.9 Å². The maximum atomic E-state index is 11.9. The van der Waals surface area contributed by atoms with Crippen LogP contribution in [0.2, 0.25) is 5.02 Å². The number of benzene rings is 1. The highest BCUT2D eigenvalue weighted by molar-refractivity contribution is 7.86. The van der Waals surface area contributed by atoms with Crippen molar-refractivity contribution in [1.82, 2.24) is 4.90 Å². The number of hydrogen-bond donors (Lipinski definition) is 1. The van der Waals surface area contributed by atoms with Gasteiger partial charge in [0.25, 0.3) is 0 Å². The Morgan fingerprint density at radius 1 is 1.50 bits per heavy atom. The summed E-state index contributed by atoms with van der Waals surface area (Å²) in [7, 11) is -0.797. The van der Waals surface area contributed by atoms with Crippen LogP contribution in [0.15, 0.2) is 18.2 Å². The van der Waals surface area contributed by atoms with E-state index in [0.29, 0.717) is 23.1 Å². The summed E-state index contributed by atoms with van der Waals surface area (Å²) in [6, 6.07) is 5.57. The van der Waals surface area contributed by atoms with Gasteiger partial charge in [-0.3, -0.25) is 9.11 Å². The van der Waals surface area contributed by atoms with Crippen LogP contribution in [0.1, 0.15) is 19.4 Å². The molecule has 1 heterocycles. The zero-order valence-corrected chi connectivity index (χ0v) is 14.9. The van der Waals surface area contributed by atoms with E-state index in [2.05, 4.69) is 4.90 Å². The van der Waals surface area contributed by atoms with Gasteiger partial charge in [0, 0.05) is 36.2 Å². The number of β-amino-alcohol motifs (C(OH)–C–C–N with tert-alkyl or cyclic N) is 1. The standard InChI is InChI=1S/C16H24ClNO3S/c1-12-4-5-14(17)15(8-12)21-10-13(19)9-18-6-7-22(20)16(2,3)11-18/h4-5,8,13,19H,6-7,9-11H2,1-3H3/t13-,22+/m0/s1. The molecule has 0 aliphatic carbocycles. The van der Waals surface area contributed by atoms with Crippen molar-refractivity contribution >= 4 is 22.4 Å². The fourth-order valence-corrected chi connectivity index (χ4v) is 4.07. The Morgan fingerprint density at radius 3 is 2.91 bits per heavy atom. The summed E-state index contributed by atoms with van der Waals surface area (Å²) in [5.74, 6) is 1.25. The molecule has 2 atom stereocenters. The third-order valence-electron chi connectivity index (χ3n) is 3.80. The molecular formula is C16H24ClNO3S. The second-order valence-corrected chi connectivity index (χ2v) is 9.05. The normalized spacial score (nSPS) is 23.2. The molecule has 1 aromatic rings. The molecular weight excluding hydrogens is 322 g/mol. The summed E-state index contributed by atoms with van der Waals surface area (Å²) in [5.41, 5.74) is 1.06. The van der Waals surface area contributed by atoms with Crippen molar-refractivity contribution < 1.29 is 14.1 Å². The Morgan fingerprint density at radius 2 is 2.23 bits per heavy atom. The van der Waals surface area contributed by atoms with Gasteiger partial charge in [0.1, 0.15) is 18.5 Å². The lowest BCUT2D eigenvalue weighted by molar-refractivity contribution is 0.0662. The molecule has 22 heavy (non-hydrogen) atoms. The average Bonchev–Trinajstić information content (AvgIpc) is 2.43. The third kappa shape index (κ3) is 4.69. The first-order valence-electron chi connectivity index (χ1n) is 7.46. The predicted molar refractivity (Wildman–Crippen MR) is 91.2 cm³/mol. The van der Waals surface area contributed by atoms with Gasteiger partial charge in [0.05, 0.1) is 9.77 Å². The molecule has 6 heteroatoms. The molecule has 1 aliphatic heterocycles. The van der Waals surface area contributed by atoms with Gasteiger partial charge in [0.2, 0.25) is 0 Å². The minimum atomic E-state index is -0.797. The Kier molecular flexibility index (Phi) is 5.88. The largest absolute Gasteiger partial charge is 0.489 e. The molecule has 0 amide bonds. The maximum Gasteiger partial charge on any atom is 0.138 e. The van der Waals surface area contributed by atoms with Gasteiger partial charge in [0.15, 0.2) is 0 Å². The Labute approximate surface area is 139 Å². The fourth-order valence-electron chi connectivity index (χ4n) is 2.59. The van der Waals surface area contributed by atoms with Crippen molar-refractivity contribution in [1.29, 1.82) is 0 Å². The minimum absolute atomic E-state index is 0.198. The second kappa shape index (κ2) is 7.30. The molecule has 0 saturated carbocycles. The van der Waals surface area contributed by atoms with Crippen LogP contribution in [0, 0.1) is 6.92 Å². The summed E-state index contributed by atoms with van der Waals surface area (Å²) in [4.78, 5) is 2.15. The van der Waals surface area contributed by atoms with Crippen LogP contribution in [-0.2, 0) is 10.8 Å². The highest BCUT2D eigenvalue weighted by atomic mass is 35.5. The number of aliphatic hydroxyl groups is 1. The minimum Gasteiger partial charge on any atom is -0.489 e. The van der Waals surface area contributed by atoms with Gasteiger partial charge >= 0.3 is 0 Å². The Hall–Kier alpha value is -0.620. The smallest absolute Gasteiger partial charge is 0.138 e. The molecule has 1 saturated heterocycles. The predicted octanol–water partition coefficient (Wildman–Crippen LogP) is 2.23. The molecule has 1 aromatic carbocycles. The number of aryl methyl sites for hydroxylation is 1. The SMILES string of the molecule is Cc1ccc(Cl)c(OC[C@@H](O)CN2CC[S@@](=O)C(C)(C)C2)c1. The molecule has 124 valence electrons. The van der Waals surface area contributed by atoms with Crippen LogP contribution >= 0.6 is 11.6 Å². The van der Waals surface area contributed by atoms with Crippen LogP contribution in [0.25, 0.3) is 0 Å². The van der Waals surface area contributed by atoms with Crippen LogP contribution in [0.5, 0.6) is 5.75 Å². The molecule has 0 bridgehead atoms. The summed E-state index contributed by atoms with van der Waals surface area (Å²) in [6.45, 7) is 8.17. The molecule has 0 unspecified atom stereocenters. The van der Waals surface area contributed by atoms with Crippen LogP contribution < -0.4 is 4.74 Å². The number of nitrogens with zero attached hydrogens (tertiary/aromatic N) is 1. The Bertz CT molecular complexity index is 550. The van der Waals surface area contributed by atoms with Crippen molar-refractivity contribution in [3.05, 3.63) is 28.8 Å². The molecule has 2 rings (SSSR count). The molecule has 1 N–H and O–H groups in total. The highest BCUT2D eigenvalue weighted by Crippen LogP contribution is 2.25. The first-order valence-corrected chi connectivity index (χ1v) is 9.15. The lowest BCUT2D eigenvalue weighted by Gasteiger charge is -2.38. The van der Waals surface area contributed by atoms with Gasteiger partial charge in [-0.15, -0.1) is 0 Å². The third-order valence-corrected chi connectivity index (χ3v) is 6.03. The van der Waals surface area contributed by atoms with Crippen molar-refractivity contribution in [3.8, 4) is 5.75 Å². The molecule has 0 radical (unpaired) electrons. The van der Waals surface area contributed by atoms with Crippen molar-refractivity contribution in [2.75, 3.05) is 32.0 Å². The van der Waals surface area contributed by atoms with Gasteiger partial charge in [-0.25, -0.2) is 0 Å². The number of halogens is 1. The van der Waals surface area contributed by atoms with Crippen molar-refractivity contribution in [2.45, 2.75) is 31.6 Å². The van der Waals surface area contributed by atoms with E-state index in [9.17, 15) is 9.32 Å². The maximum absolute atomic E-state index is 11.9. The van der Waals surface area contributed by atoms with E-state index in [-0.39, 0.29) is 11.4 Å². The molecule has 1 fully saturated rings. The lowest BCUT2D eigenvalue weighted by Crippen LogP contribution is -2.52. The number of rotatable bonds is 5. The van der Waals surface area contributed by atoms with Crippen LogP contribution in [-0.4, -0.2) is 57.1 Å². The number of ether oxygens (including phenoxy) is 1. The zero-order valence-electron chi connectivity index (χ0n) is 13.3. The quantitative estimate of drug-likeness (QED) is 0.889. The van der Waals surface area contributed by atoms with E-state index in [1.54, 1.807) is 6.07 Å². The highest BCUT2D eigenvalue weighted by Gasteiger charge is 2.33. The average molecular weight is 346 g/mol. The van der Waals surface area contributed by atoms with Crippen LogP contribution in [0.4, 0.5) is 0 Å². The second-order valence-electron chi connectivity index (χ2n) is 6.44. The zero-order chi connectivity index (χ0) is 16.3. The number of hydrogen-bond acceptors (Lipinski definition) is 4. The fraction of sp³-hybridized carbons (Fsp3) is 0.625. The molecule has 1 aliphatic rings. The van der Waals surface area contributed by atoms with E-state index in [1.165, 1.54) is 0 Å². The molecule has 0 spiro atoms. The molecule has 0 aromatic heterocycles. The summed E-state index contributed by atoms with van der Waals surface area (Å²) in [6.07, 6.45) is -0.598. The van der Waals surface area contributed by atoms with E-state index in [4.69, 9.17) is 16.3 Å². The van der Waals surface area contributed by atoms with Gasteiger partial charge in [-0.1, -0.05) is 17.7 Å². The lowest BCUT2D eigenvalue weighted by atomic mass is 10.1. The number of aliphatic hydroxyl groups excluding tert-OH is 1. The van der Waals surface area contributed by atoms with Gasteiger partial charge in [-0.05, 0) is 38.5 Å². The first-order chi connectivity index (χ1) is 10.3. The first kappa shape index (κ1) is 17.7. The molecule has 4 nitrogen and oxygen atoms in total. The van der Waals surface area contributed by atoms with Crippen molar-refractivity contribution in [3.63, 3.8) is 0 Å². The van der Waals surface area contributed by atoms with E-state index in [0.717, 1.165) is 18.7 Å². The van der Waals surface area contributed by atoms with Gasteiger partial charge in [-0.2, -0.15) is 0 Å². The van der Waals surface area contributed by atoms with Crippen LogP contribution in [0.3, 0.4) is 0 Å². The topological polar surface area (TPSA) is 49.8 Å².